The van der Waals surface area contributed by atoms with E-state index < -0.39 is 0 Å². The van der Waals surface area contributed by atoms with Gasteiger partial charge < -0.3 is 9.80 Å². The normalized spacial score (nSPS) is 21.6. The first kappa shape index (κ1) is 12.2. The van der Waals surface area contributed by atoms with Crippen LogP contribution < -0.4 is 4.90 Å². The standard InChI is InChI=1S/C15H18N2O2/c1-11-10-12-6-2-3-7-13(12)17(11)15(19)14(18)16-8-4-5-9-16/h2-3,6-7,11H,4-5,8-10H2,1H3. The summed E-state index contributed by atoms with van der Waals surface area (Å²) >= 11 is 0. The number of carbonyl (C=O) groups excluding carboxylic acids is 2. The maximum Gasteiger partial charge on any atom is 0.316 e. The molecule has 1 aromatic rings. The molecular formula is C15H18N2O2. The molecule has 0 N–H and O–H groups in total. The van der Waals surface area contributed by atoms with Crippen molar-refractivity contribution >= 4 is 17.5 Å². The summed E-state index contributed by atoms with van der Waals surface area (Å²) in [5.41, 5.74) is 2.05. The van der Waals surface area contributed by atoms with E-state index in [4.69, 9.17) is 0 Å². The molecule has 2 amide bonds. The fraction of sp³-hybridized carbons (Fsp3) is 0.467. The zero-order valence-corrected chi connectivity index (χ0v) is 11.1. The van der Waals surface area contributed by atoms with Crippen LogP contribution in [0.5, 0.6) is 0 Å². The predicted octanol–water partition coefficient (Wildman–Crippen LogP) is 1.59. The topological polar surface area (TPSA) is 40.6 Å². The van der Waals surface area contributed by atoms with Gasteiger partial charge in [0.25, 0.3) is 0 Å². The number of para-hydroxylation sites is 1. The van der Waals surface area contributed by atoms with Crippen LogP contribution in [0.3, 0.4) is 0 Å². The lowest BCUT2D eigenvalue weighted by Crippen LogP contribution is -2.46. The van der Waals surface area contributed by atoms with Crippen molar-refractivity contribution in [2.45, 2.75) is 32.2 Å². The van der Waals surface area contributed by atoms with Crippen molar-refractivity contribution in [1.29, 1.82) is 0 Å². The van der Waals surface area contributed by atoms with Crippen molar-refractivity contribution < 1.29 is 9.59 Å². The summed E-state index contributed by atoms with van der Waals surface area (Å²) in [4.78, 5) is 28.0. The number of rotatable bonds is 0. The lowest BCUT2D eigenvalue weighted by molar-refractivity contribution is -0.143. The van der Waals surface area contributed by atoms with Gasteiger partial charge in [-0.1, -0.05) is 18.2 Å². The smallest absolute Gasteiger partial charge is 0.316 e. The monoisotopic (exact) mass is 258 g/mol. The molecule has 2 aliphatic rings. The third kappa shape index (κ3) is 2.01. The zero-order valence-electron chi connectivity index (χ0n) is 11.1. The van der Waals surface area contributed by atoms with Crippen LogP contribution in [0.2, 0.25) is 0 Å². The van der Waals surface area contributed by atoms with Gasteiger partial charge in [0.05, 0.1) is 0 Å². The minimum Gasteiger partial charge on any atom is -0.334 e. The first-order valence-electron chi connectivity index (χ1n) is 6.89. The molecule has 1 atom stereocenters. The number of amides is 2. The number of hydrogen-bond donors (Lipinski definition) is 0. The Labute approximate surface area is 113 Å². The van der Waals surface area contributed by atoms with Crippen molar-refractivity contribution in [2.24, 2.45) is 0 Å². The summed E-state index contributed by atoms with van der Waals surface area (Å²) in [6.45, 7) is 3.43. The third-order valence-corrected chi connectivity index (χ3v) is 4.00. The zero-order chi connectivity index (χ0) is 13.4. The van der Waals surface area contributed by atoms with E-state index in [-0.39, 0.29) is 17.9 Å². The van der Waals surface area contributed by atoms with Crippen LogP contribution in [-0.2, 0) is 16.0 Å². The van der Waals surface area contributed by atoms with E-state index in [2.05, 4.69) is 0 Å². The van der Waals surface area contributed by atoms with Crippen LogP contribution in [0.1, 0.15) is 25.3 Å². The Kier molecular flexibility index (Phi) is 3.01. The number of likely N-dealkylation sites (tertiary alicyclic amines) is 1. The SMILES string of the molecule is CC1Cc2ccccc2N1C(=O)C(=O)N1CCCC1. The summed E-state index contributed by atoms with van der Waals surface area (Å²) in [6, 6.07) is 7.91. The van der Waals surface area contributed by atoms with Gasteiger partial charge in [0.1, 0.15) is 0 Å². The molecule has 0 aromatic heterocycles. The molecule has 3 rings (SSSR count). The van der Waals surface area contributed by atoms with Gasteiger partial charge in [0.2, 0.25) is 0 Å². The number of hydrogen-bond acceptors (Lipinski definition) is 2. The maximum absolute atomic E-state index is 12.4. The Morgan fingerprint density at radius 2 is 1.79 bits per heavy atom. The van der Waals surface area contributed by atoms with Gasteiger partial charge in [-0.15, -0.1) is 0 Å². The molecule has 1 unspecified atom stereocenters. The third-order valence-electron chi connectivity index (χ3n) is 4.00. The minimum atomic E-state index is -0.376. The van der Waals surface area contributed by atoms with E-state index in [1.165, 1.54) is 0 Å². The summed E-state index contributed by atoms with van der Waals surface area (Å²) in [5, 5.41) is 0. The molecule has 1 fully saturated rings. The van der Waals surface area contributed by atoms with Gasteiger partial charge in [0.15, 0.2) is 0 Å². The van der Waals surface area contributed by atoms with E-state index in [1.54, 1.807) is 9.80 Å². The number of fused-ring (bicyclic) bond motifs is 1. The van der Waals surface area contributed by atoms with Crippen LogP contribution >= 0.6 is 0 Å². The Morgan fingerprint density at radius 3 is 2.53 bits per heavy atom. The van der Waals surface area contributed by atoms with E-state index in [9.17, 15) is 9.59 Å². The highest BCUT2D eigenvalue weighted by molar-refractivity contribution is 6.40. The first-order chi connectivity index (χ1) is 9.18. The summed E-state index contributed by atoms with van der Waals surface area (Å²) in [5.74, 6) is -0.722. The second-order valence-corrected chi connectivity index (χ2v) is 5.36. The second-order valence-electron chi connectivity index (χ2n) is 5.36. The molecule has 0 saturated carbocycles. The quantitative estimate of drug-likeness (QED) is 0.663. The first-order valence-corrected chi connectivity index (χ1v) is 6.89. The Morgan fingerprint density at radius 1 is 1.11 bits per heavy atom. The van der Waals surface area contributed by atoms with Crippen LogP contribution in [0.4, 0.5) is 5.69 Å². The number of benzene rings is 1. The maximum atomic E-state index is 12.4. The minimum absolute atomic E-state index is 0.0662. The number of anilines is 1. The van der Waals surface area contributed by atoms with Crippen molar-refractivity contribution in [3.63, 3.8) is 0 Å². The fourth-order valence-corrected chi connectivity index (χ4v) is 3.03. The molecule has 2 aliphatic heterocycles. The van der Waals surface area contributed by atoms with Gasteiger partial charge in [0, 0.05) is 24.8 Å². The molecule has 4 heteroatoms. The largest absolute Gasteiger partial charge is 0.334 e. The molecule has 1 aromatic carbocycles. The number of nitrogens with zero attached hydrogens (tertiary/aromatic N) is 2. The van der Waals surface area contributed by atoms with Gasteiger partial charge in [-0.3, -0.25) is 9.59 Å². The summed E-state index contributed by atoms with van der Waals surface area (Å²) in [6.07, 6.45) is 2.84. The van der Waals surface area contributed by atoms with E-state index in [0.29, 0.717) is 13.1 Å². The highest BCUT2D eigenvalue weighted by atomic mass is 16.2. The molecule has 0 radical (unpaired) electrons. The summed E-state index contributed by atoms with van der Waals surface area (Å²) < 4.78 is 0. The highest BCUT2D eigenvalue weighted by Gasteiger charge is 2.36. The fourth-order valence-electron chi connectivity index (χ4n) is 3.03. The van der Waals surface area contributed by atoms with Crippen molar-refractivity contribution in [3.05, 3.63) is 29.8 Å². The average Bonchev–Trinajstić information content (AvgIpc) is 3.03. The van der Waals surface area contributed by atoms with Gasteiger partial charge >= 0.3 is 11.8 Å². The van der Waals surface area contributed by atoms with E-state index in [0.717, 1.165) is 30.5 Å². The molecule has 19 heavy (non-hydrogen) atoms. The average molecular weight is 258 g/mol. The molecule has 0 spiro atoms. The molecule has 1 saturated heterocycles. The van der Waals surface area contributed by atoms with Crippen LogP contribution in [0, 0.1) is 0 Å². The van der Waals surface area contributed by atoms with Crippen LogP contribution in [0.15, 0.2) is 24.3 Å². The Balaban J connectivity index is 1.85. The second kappa shape index (κ2) is 4.68. The molecule has 4 nitrogen and oxygen atoms in total. The van der Waals surface area contributed by atoms with Gasteiger partial charge in [-0.2, -0.15) is 0 Å². The summed E-state index contributed by atoms with van der Waals surface area (Å²) in [7, 11) is 0. The van der Waals surface area contributed by atoms with Gasteiger partial charge in [-0.25, -0.2) is 0 Å². The van der Waals surface area contributed by atoms with Gasteiger partial charge in [-0.05, 0) is 37.8 Å². The molecule has 0 aliphatic carbocycles. The molecule has 2 heterocycles. The molecule has 100 valence electrons. The van der Waals surface area contributed by atoms with Crippen molar-refractivity contribution in [1.82, 2.24) is 4.90 Å². The predicted molar refractivity (Wildman–Crippen MR) is 72.9 cm³/mol. The lowest BCUT2D eigenvalue weighted by atomic mass is 10.1. The van der Waals surface area contributed by atoms with Crippen LogP contribution in [-0.4, -0.2) is 35.8 Å². The van der Waals surface area contributed by atoms with Crippen molar-refractivity contribution in [3.8, 4) is 0 Å². The van der Waals surface area contributed by atoms with E-state index >= 15 is 0 Å². The lowest BCUT2D eigenvalue weighted by Gasteiger charge is -2.24. The van der Waals surface area contributed by atoms with Crippen LogP contribution in [0.25, 0.3) is 0 Å². The highest BCUT2D eigenvalue weighted by Crippen LogP contribution is 2.32. The molecule has 0 bridgehead atoms. The number of carbonyl (C=O) groups is 2. The molecular weight excluding hydrogens is 240 g/mol. The Bertz CT molecular complexity index is 521. The van der Waals surface area contributed by atoms with Crippen molar-refractivity contribution in [2.75, 3.05) is 18.0 Å². The van der Waals surface area contributed by atoms with E-state index in [1.807, 2.05) is 31.2 Å². The Hall–Kier alpha value is -1.84.